The fraction of sp³-hybridized carbons (Fsp3) is 0.353. The second kappa shape index (κ2) is 6.74. The zero-order valence-corrected chi connectivity index (χ0v) is 13.5. The van der Waals surface area contributed by atoms with Crippen LogP contribution in [-0.2, 0) is 11.2 Å². The van der Waals surface area contributed by atoms with E-state index in [0.717, 1.165) is 4.57 Å². The second-order valence-electron chi connectivity index (χ2n) is 6.19. The number of carbonyl (C=O) groups is 1. The first-order chi connectivity index (χ1) is 11.2. The first-order valence-electron chi connectivity index (χ1n) is 7.56. The molecule has 7 nitrogen and oxygen atoms in total. The number of aliphatic carboxylic acids is 1. The van der Waals surface area contributed by atoms with Crippen molar-refractivity contribution < 1.29 is 30.3 Å². The smallest absolute Gasteiger partial charge is 0.326 e. The van der Waals surface area contributed by atoms with Crippen molar-refractivity contribution in [2.75, 3.05) is 0 Å². The van der Waals surface area contributed by atoms with Crippen molar-refractivity contribution in [1.82, 2.24) is 4.57 Å². The molecule has 24 heavy (non-hydrogen) atoms. The fourth-order valence-corrected chi connectivity index (χ4v) is 2.66. The van der Waals surface area contributed by atoms with Gasteiger partial charge in [0.1, 0.15) is 17.5 Å². The molecule has 0 saturated carbocycles. The minimum atomic E-state index is -1.15. The third-order valence-electron chi connectivity index (χ3n) is 3.81. The maximum Gasteiger partial charge on any atom is 0.326 e. The summed E-state index contributed by atoms with van der Waals surface area (Å²) in [7, 11) is 0. The predicted molar refractivity (Wildman–Crippen MR) is 86.5 cm³/mol. The highest BCUT2D eigenvalue weighted by molar-refractivity contribution is 5.73. The van der Waals surface area contributed by atoms with E-state index in [2.05, 4.69) is 0 Å². The summed E-state index contributed by atoms with van der Waals surface area (Å²) < 4.78 is 0.981. The van der Waals surface area contributed by atoms with Crippen molar-refractivity contribution in [2.24, 2.45) is 5.92 Å². The molecule has 1 aromatic heterocycles. The molecule has 0 saturated heterocycles. The van der Waals surface area contributed by atoms with Gasteiger partial charge in [-0.3, -0.25) is 4.57 Å². The van der Waals surface area contributed by atoms with Gasteiger partial charge in [0.15, 0.2) is 11.8 Å². The third kappa shape index (κ3) is 3.56. The summed E-state index contributed by atoms with van der Waals surface area (Å²) >= 11 is 0. The summed E-state index contributed by atoms with van der Waals surface area (Å²) in [6.45, 7) is 3.70. The zero-order chi connectivity index (χ0) is 18.0. The van der Waals surface area contributed by atoms with E-state index in [1.165, 1.54) is 24.3 Å². The Morgan fingerprint density at radius 2 is 1.75 bits per heavy atom. The summed E-state index contributed by atoms with van der Waals surface area (Å²) in [5.74, 6) is -2.05. The van der Waals surface area contributed by atoms with E-state index in [-0.39, 0.29) is 47.6 Å². The van der Waals surface area contributed by atoms with Crippen molar-refractivity contribution in [3.8, 4) is 23.3 Å². The molecular formula is C17H21NO6. The molecular weight excluding hydrogens is 314 g/mol. The Kier molecular flexibility index (Phi) is 4.92. The van der Waals surface area contributed by atoms with Gasteiger partial charge in [-0.25, -0.2) is 4.79 Å². The Labute approximate surface area is 139 Å². The number of rotatable bonds is 6. The van der Waals surface area contributed by atoms with Gasteiger partial charge in [-0.2, -0.15) is 0 Å². The molecule has 1 unspecified atom stereocenters. The molecule has 0 radical (unpaired) electrons. The largest absolute Gasteiger partial charge is 0.508 e. The van der Waals surface area contributed by atoms with Crippen LogP contribution in [0.25, 0.3) is 0 Å². The van der Waals surface area contributed by atoms with E-state index in [0.29, 0.717) is 5.56 Å². The SMILES string of the molecule is CC(C)CC(C(=O)O)n1c(O)cc(Cc2ccc(O)cc2O)c1O. The molecule has 1 atom stereocenters. The van der Waals surface area contributed by atoms with E-state index >= 15 is 0 Å². The van der Waals surface area contributed by atoms with E-state index in [1.54, 1.807) is 0 Å². The van der Waals surface area contributed by atoms with Gasteiger partial charge in [0.05, 0.1) is 0 Å². The number of nitrogens with zero attached hydrogens (tertiary/aromatic N) is 1. The number of hydrogen-bond donors (Lipinski definition) is 5. The number of phenols is 2. The van der Waals surface area contributed by atoms with Gasteiger partial charge in [0, 0.05) is 24.1 Å². The van der Waals surface area contributed by atoms with Gasteiger partial charge in [-0.1, -0.05) is 19.9 Å². The van der Waals surface area contributed by atoms with Crippen LogP contribution in [0.3, 0.4) is 0 Å². The van der Waals surface area contributed by atoms with Gasteiger partial charge in [0.25, 0.3) is 0 Å². The summed E-state index contributed by atoms with van der Waals surface area (Å²) in [6.07, 6.45) is 0.321. The van der Waals surface area contributed by atoms with Crippen LogP contribution in [0.4, 0.5) is 0 Å². The van der Waals surface area contributed by atoms with Crippen LogP contribution in [0, 0.1) is 5.92 Å². The van der Waals surface area contributed by atoms with Crippen molar-refractivity contribution >= 4 is 5.97 Å². The van der Waals surface area contributed by atoms with E-state index in [1.807, 2.05) is 13.8 Å². The molecule has 0 amide bonds. The van der Waals surface area contributed by atoms with E-state index in [4.69, 9.17) is 0 Å². The van der Waals surface area contributed by atoms with Crippen LogP contribution < -0.4 is 0 Å². The highest BCUT2D eigenvalue weighted by Gasteiger charge is 2.28. The van der Waals surface area contributed by atoms with Crippen LogP contribution in [0.15, 0.2) is 24.3 Å². The van der Waals surface area contributed by atoms with Crippen molar-refractivity contribution in [1.29, 1.82) is 0 Å². The second-order valence-corrected chi connectivity index (χ2v) is 6.19. The lowest BCUT2D eigenvalue weighted by Crippen LogP contribution is -2.20. The fourth-order valence-electron chi connectivity index (χ4n) is 2.66. The summed E-state index contributed by atoms with van der Waals surface area (Å²) in [5, 5.41) is 49.0. The number of aromatic nitrogens is 1. The average molecular weight is 335 g/mol. The molecule has 0 aliphatic heterocycles. The summed E-state index contributed by atoms with van der Waals surface area (Å²) in [4.78, 5) is 11.5. The molecule has 7 heteroatoms. The first-order valence-corrected chi connectivity index (χ1v) is 7.56. The molecule has 5 N–H and O–H groups in total. The Hall–Kier alpha value is -2.83. The van der Waals surface area contributed by atoms with Gasteiger partial charge >= 0.3 is 5.97 Å². The monoisotopic (exact) mass is 335 g/mol. The van der Waals surface area contributed by atoms with Crippen LogP contribution in [0.1, 0.15) is 37.4 Å². The molecule has 0 aliphatic rings. The number of phenolic OH excluding ortho intramolecular Hbond substituents is 2. The lowest BCUT2D eigenvalue weighted by atomic mass is 10.0. The van der Waals surface area contributed by atoms with Gasteiger partial charge in [0.2, 0.25) is 0 Å². The lowest BCUT2D eigenvalue weighted by Gasteiger charge is -2.18. The van der Waals surface area contributed by atoms with Crippen LogP contribution in [0.5, 0.6) is 23.3 Å². The summed E-state index contributed by atoms with van der Waals surface area (Å²) in [6, 6.07) is 4.23. The minimum Gasteiger partial charge on any atom is -0.508 e. The molecule has 0 bridgehead atoms. The molecule has 1 heterocycles. The quantitative estimate of drug-likeness (QED) is 0.553. The molecule has 1 aromatic carbocycles. The highest BCUT2D eigenvalue weighted by Crippen LogP contribution is 2.36. The molecule has 2 rings (SSSR count). The molecule has 0 fully saturated rings. The molecule has 0 aliphatic carbocycles. The van der Waals surface area contributed by atoms with Gasteiger partial charge in [-0.05, 0) is 24.0 Å². The Morgan fingerprint density at radius 1 is 1.08 bits per heavy atom. The highest BCUT2D eigenvalue weighted by atomic mass is 16.4. The number of benzene rings is 1. The van der Waals surface area contributed by atoms with Crippen molar-refractivity contribution in [3.05, 3.63) is 35.4 Å². The zero-order valence-electron chi connectivity index (χ0n) is 13.5. The van der Waals surface area contributed by atoms with E-state index in [9.17, 15) is 30.3 Å². The first kappa shape index (κ1) is 17.5. The average Bonchev–Trinajstić information content (AvgIpc) is 2.74. The van der Waals surface area contributed by atoms with Gasteiger partial charge in [-0.15, -0.1) is 0 Å². The van der Waals surface area contributed by atoms with Crippen LogP contribution >= 0.6 is 0 Å². The predicted octanol–water partition coefficient (Wildman–Crippen LogP) is 2.57. The Bertz CT molecular complexity index is 750. The number of carboxylic acid groups (broad SMARTS) is 1. The topological polar surface area (TPSA) is 123 Å². The number of carboxylic acids is 1. The van der Waals surface area contributed by atoms with E-state index < -0.39 is 12.0 Å². The summed E-state index contributed by atoms with van der Waals surface area (Å²) in [5.41, 5.74) is 0.708. The maximum atomic E-state index is 11.5. The van der Waals surface area contributed by atoms with Crippen molar-refractivity contribution in [2.45, 2.75) is 32.7 Å². The van der Waals surface area contributed by atoms with Gasteiger partial charge < -0.3 is 25.5 Å². The minimum absolute atomic E-state index is 0.0527. The maximum absolute atomic E-state index is 11.5. The normalized spacial score (nSPS) is 12.5. The molecule has 0 spiro atoms. The number of aromatic hydroxyl groups is 4. The Balaban J connectivity index is 2.39. The Morgan fingerprint density at radius 3 is 2.29 bits per heavy atom. The van der Waals surface area contributed by atoms with Crippen LogP contribution in [0.2, 0.25) is 0 Å². The third-order valence-corrected chi connectivity index (χ3v) is 3.81. The van der Waals surface area contributed by atoms with Crippen LogP contribution in [-0.4, -0.2) is 36.1 Å². The molecule has 130 valence electrons. The van der Waals surface area contributed by atoms with Crippen molar-refractivity contribution in [3.63, 3.8) is 0 Å². The molecule has 2 aromatic rings. The standard InChI is InChI=1S/C17H21NO6/c1-9(2)5-13(17(23)24)18-15(21)7-11(16(18)22)6-10-3-4-12(19)8-14(10)20/h3-4,7-9,13,19-22H,5-6H2,1-2H3,(H,23,24). The number of hydrogen-bond acceptors (Lipinski definition) is 5. The lowest BCUT2D eigenvalue weighted by molar-refractivity contribution is -0.141.